The Labute approximate surface area is 213 Å². The summed E-state index contributed by atoms with van der Waals surface area (Å²) in [5.41, 5.74) is 5.68. The van der Waals surface area contributed by atoms with Crippen molar-refractivity contribution in [2.75, 3.05) is 0 Å². The first-order valence-electron chi connectivity index (χ1n) is 13.3. The lowest BCUT2D eigenvalue weighted by Gasteiger charge is -2.20. The summed E-state index contributed by atoms with van der Waals surface area (Å²) in [6.07, 6.45) is 6.88. The van der Waals surface area contributed by atoms with Crippen LogP contribution in [0.1, 0.15) is 85.5 Å². The molecule has 4 heteroatoms. The average Bonchev–Trinajstić information content (AvgIpc) is 3.51. The molecule has 0 amide bonds. The van der Waals surface area contributed by atoms with Crippen LogP contribution in [-0.4, -0.2) is 16.3 Å². The van der Waals surface area contributed by atoms with Crippen LogP contribution in [0.2, 0.25) is 0 Å². The van der Waals surface area contributed by atoms with Gasteiger partial charge in [0.05, 0.1) is 0 Å². The summed E-state index contributed by atoms with van der Waals surface area (Å²) in [6, 6.07) is 20.2. The maximum atomic E-state index is 13.4. The van der Waals surface area contributed by atoms with Gasteiger partial charge in [-0.15, -0.1) is 0 Å². The molecule has 1 fully saturated rings. The molecule has 0 N–H and O–H groups in total. The van der Waals surface area contributed by atoms with Crippen molar-refractivity contribution < 1.29 is 14.3 Å². The highest BCUT2D eigenvalue weighted by Gasteiger charge is 2.22. The Morgan fingerprint density at radius 2 is 1.67 bits per heavy atom. The Hall–Kier alpha value is -3.40. The monoisotopic (exact) mass is 481 g/mol. The van der Waals surface area contributed by atoms with Gasteiger partial charge in [-0.3, -0.25) is 9.59 Å². The first-order chi connectivity index (χ1) is 17.5. The van der Waals surface area contributed by atoms with Crippen LogP contribution in [-0.2, 0) is 16.1 Å². The minimum atomic E-state index is -0.246. The minimum absolute atomic E-state index is 0.0397. The number of nitrogens with zero attached hydrogens (tertiary/aromatic N) is 1. The molecule has 0 saturated heterocycles. The number of benzene rings is 3. The third-order valence-corrected chi connectivity index (χ3v) is 7.85. The lowest BCUT2D eigenvalue weighted by molar-refractivity contribution is -0.147. The number of rotatable bonds is 8. The number of esters is 1. The fourth-order valence-electron chi connectivity index (χ4n) is 5.97. The number of fused-ring (bicyclic) bond motifs is 3. The molecular formula is C32H35NO3. The van der Waals surface area contributed by atoms with Gasteiger partial charge in [0, 0.05) is 46.4 Å². The van der Waals surface area contributed by atoms with Gasteiger partial charge in [-0.2, -0.15) is 0 Å². The van der Waals surface area contributed by atoms with Gasteiger partial charge in [-0.25, -0.2) is 0 Å². The largest absolute Gasteiger partial charge is 0.458 e. The average molecular weight is 482 g/mol. The summed E-state index contributed by atoms with van der Waals surface area (Å²) in [7, 11) is 0. The fraction of sp³-hybridized carbons (Fsp3) is 0.375. The number of ether oxygens (including phenoxy) is 1. The van der Waals surface area contributed by atoms with E-state index in [4.69, 9.17) is 4.74 Å². The van der Waals surface area contributed by atoms with Crippen molar-refractivity contribution in [1.29, 1.82) is 0 Å². The zero-order valence-corrected chi connectivity index (χ0v) is 21.5. The number of aromatic nitrogens is 1. The molecule has 1 heterocycles. The molecule has 0 aliphatic heterocycles. The first-order valence-corrected chi connectivity index (χ1v) is 13.3. The number of hydrogen-bond donors (Lipinski definition) is 0. The molecule has 4 aromatic rings. The second-order valence-corrected chi connectivity index (χ2v) is 10.2. The smallest absolute Gasteiger partial charge is 0.303 e. The highest BCUT2D eigenvalue weighted by Crippen LogP contribution is 2.36. The van der Waals surface area contributed by atoms with E-state index in [9.17, 15) is 9.59 Å². The molecule has 4 nitrogen and oxygen atoms in total. The van der Waals surface area contributed by atoms with Gasteiger partial charge in [0.25, 0.3) is 0 Å². The lowest BCUT2D eigenvalue weighted by Crippen LogP contribution is -2.10. The van der Waals surface area contributed by atoms with Crippen LogP contribution < -0.4 is 0 Å². The predicted octanol–water partition coefficient (Wildman–Crippen LogP) is 7.93. The van der Waals surface area contributed by atoms with Crippen LogP contribution in [0.15, 0.2) is 60.7 Å². The SMILES string of the molecule is CCn1c2ccc(C(=O)c3ccccc3C)cc2c2cc(C(CCC3CCCC3)OC(C)=O)ccc21. The standard InChI is InChI=1S/C32H35NO3/c1-4-33-29-16-14-24(31(36-22(3)34)18-13-23-10-6-7-11-23)19-27(29)28-20-25(15-17-30(28)33)32(35)26-12-8-5-9-21(26)2/h5,8-9,12,14-17,19-20,23,31H,4,6-7,10-11,13,18H2,1-3H3. The van der Waals surface area contributed by atoms with Gasteiger partial charge in [0.2, 0.25) is 0 Å². The molecule has 0 spiro atoms. The molecule has 0 bridgehead atoms. The molecule has 3 aromatic carbocycles. The van der Waals surface area contributed by atoms with Gasteiger partial charge in [-0.1, -0.05) is 56.0 Å². The van der Waals surface area contributed by atoms with E-state index in [1.54, 1.807) is 0 Å². The van der Waals surface area contributed by atoms with Gasteiger partial charge >= 0.3 is 5.97 Å². The molecule has 1 saturated carbocycles. The van der Waals surface area contributed by atoms with Crippen molar-refractivity contribution in [3.05, 3.63) is 82.9 Å². The molecule has 1 aliphatic carbocycles. The van der Waals surface area contributed by atoms with Gasteiger partial charge in [0.1, 0.15) is 6.10 Å². The molecule has 186 valence electrons. The fourth-order valence-corrected chi connectivity index (χ4v) is 5.97. The molecule has 5 rings (SSSR count). The predicted molar refractivity (Wildman–Crippen MR) is 145 cm³/mol. The van der Waals surface area contributed by atoms with Crippen molar-refractivity contribution in [2.24, 2.45) is 5.92 Å². The molecule has 36 heavy (non-hydrogen) atoms. The van der Waals surface area contributed by atoms with Crippen molar-refractivity contribution in [3.8, 4) is 0 Å². The highest BCUT2D eigenvalue weighted by atomic mass is 16.5. The summed E-state index contributed by atoms with van der Waals surface area (Å²) >= 11 is 0. The van der Waals surface area contributed by atoms with Crippen molar-refractivity contribution in [3.63, 3.8) is 0 Å². The number of aryl methyl sites for hydroxylation is 2. The Balaban J connectivity index is 1.57. The van der Waals surface area contributed by atoms with E-state index < -0.39 is 0 Å². The van der Waals surface area contributed by atoms with E-state index in [0.717, 1.165) is 63.8 Å². The second-order valence-electron chi connectivity index (χ2n) is 10.2. The maximum absolute atomic E-state index is 13.4. The minimum Gasteiger partial charge on any atom is -0.458 e. The van der Waals surface area contributed by atoms with Crippen LogP contribution in [0.25, 0.3) is 21.8 Å². The molecule has 1 aromatic heterocycles. The van der Waals surface area contributed by atoms with E-state index in [0.29, 0.717) is 5.56 Å². The third-order valence-electron chi connectivity index (χ3n) is 7.85. The zero-order chi connectivity index (χ0) is 25.2. The van der Waals surface area contributed by atoms with Gasteiger partial charge < -0.3 is 9.30 Å². The van der Waals surface area contributed by atoms with E-state index in [1.807, 2.05) is 43.3 Å². The van der Waals surface area contributed by atoms with E-state index >= 15 is 0 Å². The number of carbonyl (C=O) groups is 2. The van der Waals surface area contributed by atoms with E-state index in [1.165, 1.54) is 32.6 Å². The summed E-state index contributed by atoms with van der Waals surface area (Å²) in [4.78, 5) is 25.3. The highest BCUT2D eigenvalue weighted by molar-refractivity contribution is 6.15. The van der Waals surface area contributed by atoms with Crippen LogP contribution in [0.4, 0.5) is 0 Å². The lowest BCUT2D eigenvalue weighted by atomic mass is 9.95. The van der Waals surface area contributed by atoms with Crippen LogP contribution in [0.3, 0.4) is 0 Å². The second kappa shape index (κ2) is 10.3. The van der Waals surface area contributed by atoms with Crippen molar-refractivity contribution in [2.45, 2.75) is 71.9 Å². The Morgan fingerprint density at radius 3 is 2.36 bits per heavy atom. The molecule has 1 atom stereocenters. The topological polar surface area (TPSA) is 48.3 Å². The van der Waals surface area contributed by atoms with Crippen LogP contribution in [0, 0.1) is 12.8 Å². The third kappa shape index (κ3) is 4.69. The normalized spacial score (nSPS) is 15.0. The Kier molecular flexibility index (Phi) is 6.95. The maximum Gasteiger partial charge on any atom is 0.303 e. The first kappa shape index (κ1) is 24.3. The van der Waals surface area contributed by atoms with Crippen molar-refractivity contribution >= 4 is 33.6 Å². The number of carbonyl (C=O) groups excluding carboxylic acids is 2. The molecule has 0 radical (unpaired) electrons. The zero-order valence-electron chi connectivity index (χ0n) is 21.5. The Bertz CT molecular complexity index is 1420. The summed E-state index contributed by atoms with van der Waals surface area (Å²) in [5, 5.41) is 2.16. The van der Waals surface area contributed by atoms with Gasteiger partial charge in [0.15, 0.2) is 5.78 Å². The number of hydrogen-bond acceptors (Lipinski definition) is 3. The van der Waals surface area contributed by atoms with E-state index in [-0.39, 0.29) is 17.9 Å². The summed E-state index contributed by atoms with van der Waals surface area (Å²) < 4.78 is 8.11. The molecule has 1 unspecified atom stereocenters. The Morgan fingerprint density at radius 1 is 0.972 bits per heavy atom. The van der Waals surface area contributed by atoms with Crippen LogP contribution >= 0.6 is 0 Å². The molecule has 1 aliphatic rings. The summed E-state index contributed by atoms with van der Waals surface area (Å²) in [5.74, 6) is 0.537. The van der Waals surface area contributed by atoms with E-state index in [2.05, 4.69) is 35.8 Å². The quantitative estimate of drug-likeness (QED) is 0.190. The number of ketones is 1. The summed E-state index contributed by atoms with van der Waals surface area (Å²) in [6.45, 7) is 6.44. The van der Waals surface area contributed by atoms with Crippen molar-refractivity contribution in [1.82, 2.24) is 4.57 Å². The van der Waals surface area contributed by atoms with Gasteiger partial charge in [-0.05, 0) is 74.1 Å². The molecular weight excluding hydrogens is 446 g/mol. The van der Waals surface area contributed by atoms with Crippen LogP contribution in [0.5, 0.6) is 0 Å².